The average Bonchev–Trinajstić information content (AvgIpc) is 3.59. The summed E-state index contributed by atoms with van der Waals surface area (Å²) in [5.74, 6) is 0.260. The molecule has 6 aromatic rings. The van der Waals surface area contributed by atoms with E-state index >= 15 is 0 Å². The monoisotopic (exact) mass is 582 g/mol. The van der Waals surface area contributed by atoms with Gasteiger partial charge in [0.2, 0.25) is 0 Å². The molecule has 0 spiro atoms. The van der Waals surface area contributed by atoms with E-state index in [1.54, 1.807) is 0 Å². The van der Waals surface area contributed by atoms with Gasteiger partial charge in [-0.25, -0.2) is 0 Å². The highest BCUT2D eigenvalue weighted by Gasteiger charge is 2.16. The summed E-state index contributed by atoms with van der Waals surface area (Å²) >= 11 is 0. The Bertz CT molecular complexity index is 2150. The average molecular weight is 583 g/mol. The van der Waals surface area contributed by atoms with E-state index in [-0.39, 0.29) is 5.92 Å². The molecule has 0 amide bonds. The molecule has 2 heteroatoms. The van der Waals surface area contributed by atoms with Crippen molar-refractivity contribution >= 4 is 45.0 Å². The lowest BCUT2D eigenvalue weighted by molar-refractivity contribution is 0.910. The minimum atomic E-state index is 0.260. The quantitative estimate of drug-likeness (QED) is 0.158. The fraction of sp³-hybridized carbons (Fsp3) is 0.116. The number of para-hydroxylation sites is 3. The van der Waals surface area contributed by atoms with Crippen LogP contribution in [0.1, 0.15) is 43.0 Å². The fourth-order valence-corrected chi connectivity index (χ4v) is 6.70. The predicted molar refractivity (Wildman–Crippen MR) is 195 cm³/mol. The second-order valence-corrected chi connectivity index (χ2v) is 11.8. The van der Waals surface area contributed by atoms with Crippen LogP contribution in [-0.2, 0) is 6.42 Å². The van der Waals surface area contributed by atoms with Gasteiger partial charge in [0.25, 0.3) is 0 Å². The standard InChI is InChI=1S/C43H38N2/c1-4-15-33(28-29-44-40-24-9-5-20-36(40)37-21-6-10-25-41(37)44)31(2)16-13-17-32(3)34-18-14-19-35(30-34)45-42-26-11-7-22-38(42)39-23-8-12-27-43(39)45/h4-9,11-24,26-30,32H,1,10,25H2,2-3H3/b17-13-,29-28+,31-16+,33-15+. The number of benzene rings is 4. The number of fused-ring (bicyclic) bond motifs is 6. The zero-order valence-corrected chi connectivity index (χ0v) is 26.0. The summed E-state index contributed by atoms with van der Waals surface area (Å²) in [6.07, 6.45) is 21.8. The zero-order valence-electron chi connectivity index (χ0n) is 26.0. The van der Waals surface area contributed by atoms with E-state index in [1.165, 1.54) is 60.8 Å². The normalized spacial score (nSPS) is 14.7. The second kappa shape index (κ2) is 12.3. The maximum Gasteiger partial charge on any atom is 0.0541 e. The highest BCUT2D eigenvalue weighted by Crippen LogP contribution is 2.34. The number of hydrogen-bond acceptors (Lipinski definition) is 0. The minimum Gasteiger partial charge on any atom is -0.320 e. The maximum atomic E-state index is 3.99. The first-order chi connectivity index (χ1) is 22.1. The lowest BCUT2D eigenvalue weighted by Gasteiger charge is -2.12. The smallest absolute Gasteiger partial charge is 0.0541 e. The Morgan fingerprint density at radius 2 is 1.49 bits per heavy atom. The molecule has 1 aliphatic carbocycles. The Morgan fingerprint density at radius 1 is 0.800 bits per heavy atom. The molecule has 0 N–H and O–H groups in total. The summed E-state index contributed by atoms with van der Waals surface area (Å²) in [6, 6.07) is 35.0. The molecule has 1 atom stereocenters. The van der Waals surface area contributed by atoms with E-state index in [1.807, 2.05) is 6.08 Å². The molecule has 0 aliphatic heterocycles. The molecule has 1 aliphatic rings. The molecular weight excluding hydrogens is 544 g/mol. The molecule has 45 heavy (non-hydrogen) atoms. The van der Waals surface area contributed by atoms with Crippen LogP contribution in [0.2, 0.25) is 0 Å². The van der Waals surface area contributed by atoms with E-state index < -0.39 is 0 Å². The van der Waals surface area contributed by atoms with Gasteiger partial charge in [0, 0.05) is 39.3 Å². The lowest BCUT2D eigenvalue weighted by Crippen LogP contribution is -1.99. The first kappa shape index (κ1) is 28.4. The molecule has 220 valence electrons. The maximum absolute atomic E-state index is 3.99. The lowest BCUT2D eigenvalue weighted by atomic mass is 9.99. The molecule has 0 saturated carbocycles. The molecule has 1 unspecified atom stereocenters. The summed E-state index contributed by atoms with van der Waals surface area (Å²) in [5, 5.41) is 3.88. The van der Waals surface area contributed by atoms with Gasteiger partial charge in [-0.05, 0) is 78.8 Å². The van der Waals surface area contributed by atoms with Crippen molar-refractivity contribution in [3.8, 4) is 5.69 Å². The van der Waals surface area contributed by atoms with Crippen LogP contribution in [0.3, 0.4) is 0 Å². The van der Waals surface area contributed by atoms with Crippen LogP contribution >= 0.6 is 0 Å². The van der Waals surface area contributed by atoms with E-state index in [0.717, 1.165) is 18.4 Å². The number of rotatable bonds is 8. The van der Waals surface area contributed by atoms with Crippen LogP contribution in [0.25, 0.3) is 50.7 Å². The van der Waals surface area contributed by atoms with Gasteiger partial charge in [-0.2, -0.15) is 0 Å². The summed E-state index contributed by atoms with van der Waals surface area (Å²) in [7, 11) is 0. The van der Waals surface area contributed by atoms with Crippen molar-refractivity contribution in [2.45, 2.75) is 32.6 Å². The van der Waals surface area contributed by atoms with E-state index in [2.05, 4.69) is 175 Å². The summed E-state index contributed by atoms with van der Waals surface area (Å²) in [5.41, 5.74) is 11.3. The minimum absolute atomic E-state index is 0.260. The predicted octanol–water partition coefficient (Wildman–Crippen LogP) is 11.6. The second-order valence-electron chi connectivity index (χ2n) is 11.8. The number of nitrogens with zero attached hydrogens (tertiary/aromatic N) is 2. The van der Waals surface area contributed by atoms with Gasteiger partial charge in [-0.1, -0.05) is 123 Å². The van der Waals surface area contributed by atoms with Gasteiger partial charge in [0.1, 0.15) is 0 Å². The molecule has 2 aromatic heterocycles. The first-order valence-corrected chi connectivity index (χ1v) is 15.9. The van der Waals surface area contributed by atoms with Gasteiger partial charge >= 0.3 is 0 Å². The van der Waals surface area contributed by atoms with Crippen molar-refractivity contribution < 1.29 is 0 Å². The highest BCUT2D eigenvalue weighted by molar-refractivity contribution is 6.09. The Labute approximate surface area is 265 Å². The van der Waals surface area contributed by atoms with Crippen molar-refractivity contribution in [3.05, 3.63) is 174 Å². The third-order valence-electron chi connectivity index (χ3n) is 9.02. The van der Waals surface area contributed by atoms with Crippen molar-refractivity contribution in [2.75, 3.05) is 0 Å². The molecule has 0 bridgehead atoms. The Balaban J connectivity index is 1.15. The summed E-state index contributed by atoms with van der Waals surface area (Å²) < 4.78 is 4.75. The van der Waals surface area contributed by atoms with Crippen LogP contribution < -0.4 is 0 Å². The Morgan fingerprint density at radius 3 is 2.22 bits per heavy atom. The van der Waals surface area contributed by atoms with E-state index in [0.29, 0.717) is 0 Å². The molecule has 0 saturated heterocycles. The van der Waals surface area contributed by atoms with Crippen molar-refractivity contribution in [1.29, 1.82) is 0 Å². The molecule has 0 fully saturated rings. The van der Waals surface area contributed by atoms with E-state index in [4.69, 9.17) is 0 Å². The molecule has 7 rings (SSSR count). The van der Waals surface area contributed by atoms with Crippen LogP contribution in [0, 0.1) is 0 Å². The molecular formula is C43H38N2. The van der Waals surface area contributed by atoms with E-state index in [9.17, 15) is 0 Å². The van der Waals surface area contributed by atoms with Crippen molar-refractivity contribution in [2.24, 2.45) is 0 Å². The van der Waals surface area contributed by atoms with Crippen LogP contribution in [0.15, 0.2) is 157 Å². The SMILES string of the molecule is C=C/C=C(\C=C\n1c2c(c3ccccc31)C=CCC2)C(/C)=C/C=C\C(C)c1cccc(-n2c3ccccc3c3ccccc32)c1. The van der Waals surface area contributed by atoms with Gasteiger partial charge in [-0.15, -0.1) is 0 Å². The Kier molecular flexibility index (Phi) is 7.80. The number of aromatic nitrogens is 2. The topological polar surface area (TPSA) is 9.86 Å². The Hall–Kier alpha value is -5.34. The summed E-state index contributed by atoms with van der Waals surface area (Å²) in [4.78, 5) is 0. The van der Waals surface area contributed by atoms with Crippen molar-refractivity contribution in [3.63, 3.8) is 0 Å². The van der Waals surface area contributed by atoms with Gasteiger partial charge in [-0.3, -0.25) is 0 Å². The third-order valence-corrected chi connectivity index (χ3v) is 9.02. The van der Waals surface area contributed by atoms with Gasteiger partial charge < -0.3 is 9.13 Å². The van der Waals surface area contributed by atoms with Crippen LogP contribution in [-0.4, -0.2) is 9.13 Å². The third kappa shape index (κ3) is 5.34. The van der Waals surface area contributed by atoms with Gasteiger partial charge in [0.05, 0.1) is 16.6 Å². The van der Waals surface area contributed by atoms with Crippen LogP contribution in [0.5, 0.6) is 0 Å². The summed E-state index contributed by atoms with van der Waals surface area (Å²) in [6.45, 7) is 8.42. The number of allylic oxidation sites excluding steroid dienone is 9. The molecule has 4 aromatic carbocycles. The van der Waals surface area contributed by atoms with Crippen LogP contribution in [0.4, 0.5) is 0 Å². The zero-order chi connectivity index (χ0) is 30.8. The largest absolute Gasteiger partial charge is 0.320 e. The molecule has 0 radical (unpaired) electrons. The number of hydrogen-bond donors (Lipinski definition) is 0. The first-order valence-electron chi connectivity index (χ1n) is 15.9. The highest BCUT2D eigenvalue weighted by atomic mass is 15.0. The fourth-order valence-electron chi connectivity index (χ4n) is 6.70. The van der Waals surface area contributed by atoms with Crippen molar-refractivity contribution in [1.82, 2.24) is 9.13 Å². The van der Waals surface area contributed by atoms with Gasteiger partial charge in [0.15, 0.2) is 0 Å². The molecule has 2 nitrogen and oxygen atoms in total. The molecule has 2 heterocycles.